The molecule has 1 fully saturated rings. The minimum Gasteiger partial charge on any atom is -0.324 e. The lowest BCUT2D eigenvalue weighted by atomic mass is 10.1. The molecule has 0 spiro atoms. The number of nitrogens with one attached hydrogen (secondary N) is 2. The third-order valence-corrected chi connectivity index (χ3v) is 6.17. The smallest absolute Gasteiger partial charge is 0.324 e. The Bertz CT molecular complexity index is 1050. The number of carbonyl (C=O) groups excluding carboxylic acids is 2. The van der Waals surface area contributed by atoms with Crippen molar-refractivity contribution in [2.24, 2.45) is 0 Å². The quantitative estimate of drug-likeness (QED) is 0.698. The molecule has 3 rings (SSSR count). The van der Waals surface area contributed by atoms with Gasteiger partial charge in [-0.05, 0) is 52.3 Å². The largest absolute Gasteiger partial charge is 0.325 e. The maximum Gasteiger partial charge on any atom is 0.325 e. The molecule has 29 heavy (non-hydrogen) atoms. The average molecular weight is 420 g/mol. The van der Waals surface area contributed by atoms with Crippen molar-refractivity contribution in [2.75, 3.05) is 4.72 Å². The van der Waals surface area contributed by atoms with E-state index >= 15 is 0 Å². The van der Waals surface area contributed by atoms with E-state index in [-0.39, 0.29) is 23.4 Å². The number of rotatable bonds is 6. The third-order valence-electron chi connectivity index (χ3n) is 4.68. The van der Waals surface area contributed by atoms with E-state index in [0.717, 1.165) is 4.90 Å². The Morgan fingerprint density at radius 2 is 1.79 bits per heavy atom. The van der Waals surface area contributed by atoms with E-state index in [2.05, 4.69) is 15.1 Å². The highest BCUT2D eigenvalue weighted by Gasteiger charge is 2.44. The van der Waals surface area contributed by atoms with Crippen molar-refractivity contribution in [3.8, 4) is 0 Å². The number of sulfonamides is 1. The molecule has 0 unspecified atom stereocenters. The maximum absolute atomic E-state index is 12.7. The first-order valence-corrected chi connectivity index (χ1v) is 10.7. The predicted octanol–water partition coefficient (Wildman–Crippen LogP) is 2.40. The summed E-state index contributed by atoms with van der Waals surface area (Å²) in [5, 5.41) is 6.86. The average Bonchev–Trinajstić information content (AvgIpc) is 3.10. The van der Waals surface area contributed by atoms with Crippen LogP contribution >= 0.6 is 0 Å². The van der Waals surface area contributed by atoms with Gasteiger partial charge >= 0.3 is 6.03 Å². The van der Waals surface area contributed by atoms with Crippen LogP contribution in [0.5, 0.6) is 0 Å². The molecule has 1 aliphatic heterocycles. The minimum atomic E-state index is -3.79. The molecule has 1 saturated heterocycles. The van der Waals surface area contributed by atoms with Gasteiger partial charge in [0.25, 0.3) is 15.9 Å². The highest BCUT2D eigenvalue weighted by molar-refractivity contribution is 7.92. The zero-order valence-electron chi connectivity index (χ0n) is 17.1. The lowest BCUT2D eigenvalue weighted by Crippen LogP contribution is -2.40. The normalized spacial score (nSPS) is 16.4. The fraction of sp³-hybridized carbons (Fsp3) is 0.421. The van der Waals surface area contributed by atoms with E-state index in [9.17, 15) is 18.0 Å². The lowest BCUT2D eigenvalue weighted by molar-refractivity contribution is -0.130. The van der Waals surface area contributed by atoms with Crippen molar-refractivity contribution < 1.29 is 18.0 Å². The summed E-state index contributed by atoms with van der Waals surface area (Å²) in [7, 11) is -3.79. The summed E-state index contributed by atoms with van der Waals surface area (Å²) in [6.07, 6.45) is 1.51. The Labute approximate surface area is 170 Å². The SMILES string of the molecule is Cc1nn(C(C)C)cc1S(=O)(=O)Nc1ccc(CN2C(=O)NC(C)(C)C2=O)cc1. The molecule has 0 atom stereocenters. The number of aryl methyl sites for hydroxylation is 1. The third kappa shape index (κ3) is 4.12. The number of imide groups is 1. The molecule has 2 heterocycles. The standard InChI is InChI=1S/C19H25N5O4S/c1-12(2)24-11-16(13(3)21-24)29(27,28)22-15-8-6-14(7-9-15)10-23-17(25)19(4,5)20-18(23)26/h6-9,11-12,22H,10H2,1-5H3,(H,20,26). The molecule has 0 aliphatic carbocycles. The second-order valence-corrected chi connectivity index (χ2v) is 9.55. The van der Waals surface area contributed by atoms with Crippen LogP contribution in [0.15, 0.2) is 35.4 Å². The van der Waals surface area contributed by atoms with E-state index < -0.39 is 21.6 Å². The molecular weight excluding hydrogens is 394 g/mol. The van der Waals surface area contributed by atoms with Crippen molar-refractivity contribution in [1.82, 2.24) is 20.0 Å². The van der Waals surface area contributed by atoms with Crippen LogP contribution in [-0.4, -0.2) is 40.6 Å². The Morgan fingerprint density at radius 3 is 2.28 bits per heavy atom. The van der Waals surface area contributed by atoms with Gasteiger partial charge in [0.2, 0.25) is 0 Å². The van der Waals surface area contributed by atoms with Gasteiger partial charge in [-0.1, -0.05) is 12.1 Å². The topological polar surface area (TPSA) is 113 Å². The molecule has 1 aromatic heterocycles. The Balaban J connectivity index is 1.74. The van der Waals surface area contributed by atoms with Crippen LogP contribution < -0.4 is 10.0 Å². The second-order valence-electron chi connectivity index (χ2n) is 7.90. The first-order valence-electron chi connectivity index (χ1n) is 9.22. The fourth-order valence-electron chi connectivity index (χ4n) is 3.03. The maximum atomic E-state index is 12.7. The number of benzene rings is 1. The molecule has 3 amide bonds. The summed E-state index contributed by atoms with van der Waals surface area (Å²) in [6, 6.07) is 6.15. The van der Waals surface area contributed by atoms with E-state index in [4.69, 9.17) is 0 Å². The summed E-state index contributed by atoms with van der Waals surface area (Å²) in [5.41, 5.74) is 0.579. The summed E-state index contributed by atoms with van der Waals surface area (Å²) in [5.74, 6) is -0.301. The van der Waals surface area contributed by atoms with Crippen LogP contribution in [0.25, 0.3) is 0 Å². The Hall–Kier alpha value is -2.88. The van der Waals surface area contributed by atoms with Crippen LogP contribution in [0.2, 0.25) is 0 Å². The van der Waals surface area contributed by atoms with Gasteiger partial charge in [0.05, 0.1) is 12.2 Å². The molecule has 2 N–H and O–H groups in total. The van der Waals surface area contributed by atoms with E-state index in [1.54, 1.807) is 49.7 Å². The van der Waals surface area contributed by atoms with Gasteiger partial charge in [-0.3, -0.25) is 19.1 Å². The van der Waals surface area contributed by atoms with Crippen LogP contribution in [0.4, 0.5) is 10.5 Å². The first kappa shape index (κ1) is 20.8. The van der Waals surface area contributed by atoms with Crippen LogP contribution in [0.3, 0.4) is 0 Å². The van der Waals surface area contributed by atoms with Gasteiger partial charge < -0.3 is 5.32 Å². The van der Waals surface area contributed by atoms with Crippen LogP contribution in [0, 0.1) is 6.92 Å². The van der Waals surface area contributed by atoms with Crippen LogP contribution in [-0.2, 0) is 21.4 Å². The summed E-state index contributed by atoms with van der Waals surface area (Å²) in [6.45, 7) is 8.89. The number of hydrogen-bond donors (Lipinski definition) is 2. The van der Waals surface area contributed by atoms with Crippen molar-refractivity contribution in [2.45, 2.75) is 57.6 Å². The van der Waals surface area contributed by atoms with Crippen molar-refractivity contribution in [3.63, 3.8) is 0 Å². The predicted molar refractivity (Wildman–Crippen MR) is 108 cm³/mol. The summed E-state index contributed by atoms with van der Waals surface area (Å²) in [4.78, 5) is 25.5. The molecule has 1 aromatic carbocycles. The molecular formula is C19H25N5O4S. The molecule has 156 valence electrons. The molecule has 10 heteroatoms. The monoisotopic (exact) mass is 419 g/mol. The van der Waals surface area contributed by atoms with E-state index in [1.807, 2.05) is 13.8 Å². The number of aromatic nitrogens is 2. The van der Waals surface area contributed by atoms with Gasteiger partial charge in [0.15, 0.2) is 0 Å². The van der Waals surface area contributed by atoms with Gasteiger partial charge in [-0.25, -0.2) is 13.2 Å². The Morgan fingerprint density at radius 1 is 1.17 bits per heavy atom. The molecule has 2 aromatic rings. The minimum absolute atomic E-state index is 0.0485. The zero-order valence-corrected chi connectivity index (χ0v) is 17.9. The van der Waals surface area contributed by atoms with Crippen molar-refractivity contribution >= 4 is 27.6 Å². The number of anilines is 1. The number of nitrogens with zero attached hydrogens (tertiary/aromatic N) is 3. The Kier molecular flexibility index (Phi) is 5.16. The van der Waals surface area contributed by atoms with Crippen molar-refractivity contribution in [1.29, 1.82) is 0 Å². The molecule has 9 nitrogen and oxygen atoms in total. The fourth-order valence-corrected chi connectivity index (χ4v) is 4.26. The molecule has 1 aliphatic rings. The number of hydrogen-bond acceptors (Lipinski definition) is 5. The number of amides is 3. The van der Waals surface area contributed by atoms with Crippen molar-refractivity contribution in [3.05, 3.63) is 41.7 Å². The zero-order chi connectivity index (χ0) is 21.6. The van der Waals surface area contributed by atoms with Gasteiger partial charge in [-0.2, -0.15) is 5.10 Å². The molecule has 0 bridgehead atoms. The number of urea groups is 1. The van der Waals surface area contributed by atoms with Gasteiger partial charge in [0.1, 0.15) is 10.4 Å². The second kappa shape index (κ2) is 7.18. The lowest BCUT2D eigenvalue weighted by Gasteiger charge is -2.16. The highest BCUT2D eigenvalue weighted by atomic mass is 32.2. The van der Waals surface area contributed by atoms with Crippen LogP contribution in [0.1, 0.15) is 45.0 Å². The number of carbonyl (C=O) groups is 2. The van der Waals surface area contributed by atoms with E-state index in [1.165, 1.54) is 6.20 Å². The van der Waals surface area contributed by atoms with Gasteiger partial charge in [-0.15, -0.1) is 0 Å². The summed E-state index contributed by atoms with van der Waals surface area (Å²) >= 11 is 0. The van der Waals surface area contributed by atoms with E-state index in [0.29, 0.717) is 16.9 Å². The molecule has 0 saturated carbocycles. The van der Waals surface area contributed by atoms with Gasteiger partial charge in [0, 0.05) is 17.9 Å². The first-order chi connectivity index (χ1) is 13.4. The highest BCUT2D eigenvalue weighted by Crippen LogP contribution is 2.22. The summed E-state index contributed by atoms with van der Waals surface area (Å²) < 4.78 is 29.6. The molecule has 0 radical (unpaired) electrons.